The van der Waals surface area contributed by atoms with Crippen LogP contribution >= 0.6 is 0 Å². The normalized spacial score (nSPS) is 18.6. The number of unbranched alkanes of at least 4 members (excludes halogenated alkanes) is 12. The van der Waals surface area contributed by atoms with Gasteiger partial charge in [-0.15, -0.1) is 0 Å². The van der Waals surface area contributed by atoms with Crippen LogP contribution in [0.25, 0.3) is 0 Å². The molecule has 0 spiro atoms. The van der Waals surface area contributed by atoms with Crippen LogP contribution in [0.4, 0.5) is 0 Å². The molecule has 0 N–H and O–H groups in total. The van der Waals surface area contributed by atoms with Crippen molar-refractivity contribution in [3.63, 3.8) is 0 Å². The fourth-order valence-electron chi connectivity index (χ4n) is 9.55. The average molecular weight is 1300 g/mol. The number of carbonyl (C=O) groups excluding carboxylic acids is 2. The Kier molecular flexibility index (Phi) is 53.2. The topological polar surface area (TPSA) is 191 Å². The van der Waals surface area contributed by atoms with Crippen molar-refractivity contribution in [2.24, 2.45) is 32.5 Å². The van der Waals surface area contributed by atoms with Crippen LogP contribution in [0.2, 0.25) is 0 Å². The second-order valence-electron chi connectivity index (χ2n) is 27.1. The monoisotopic (exact) mass is 1290 g/mol. The number of methoxy groups -OCH3 is 3. The quantitative estimate of drug-likeness (QED) is 0.0412. The molecular formula is C71H138O19. The van der Waals surface area contributed by atoms with E-state index in [0.29, 0.717) is 88.5 Å². The van der Waals surface area contributed by atoms with Crippen molar-refractivity contribution in [2.75, 3.05) is 213 Å². The molecule has 6 heterocycles. The average Bonchev–Trinajstić information content (AvgIpc) is 1.68. The Morgan fingerprint density at radius 2 is 0.611 bits per heavy atom. The fourth-order valence-corrected chi connectivity index (χ4v) is 9.55. The molecule has 0 aromatic rings. The van der Waals surface area contributed by atoms with Crippen molar-refractivity contribution in [1.29, 1.82) is 0 Å². The van der Waals surface area contributed by atoms with Crippen LogP contribution in [0, 0.1) is 32.5 Å². The summed E-state index contributed by atoms with van der Waals surface area (Å²) in [5.74, 6) is -0.189. The first-order valence-electron chi connectivity index (χ1n) is 35.3. The molecule has 6 fully saturated rings. The third kappa shape index (κ3) is 43.4. The predicted octanol–water partition coefficient (Wildman–Crippen LogP) is 12.9. The number of carbonyl (C=O) groups is 2. The number of esters is 2. The van der Waals surface area contributed by atoms with Gasteiger partial charge in [-0.05, 0) is 77.6 Å². The highest BCUT2D eigenvalue weighted by Crippen LogP contribution is 2.34. The molecule has 0 amide bonds. The summed E-state index contributed by atoms with van der Waals surface area (Å²) in [6.07, 6.45) is 24.8. The fraction of sp³-hybridized carbons (Fsp3) is 0.972. The van der Waals surface area contributed by atoms with E-state index in [1.54, 1.807) is 21.3 Å². The van der Waals surface area contributed by atoms with E-state index >= 15 is 0 Å². The van der Waals surface area contributed by atoms with Gasteiger partial charge in [-0.1, -0.05) is 113 Å². The Morgan fingerprint density at radius 3 is 1.02 bits per heavy atom. The van der Waals surface area contributed by atoms with Crippen molar-refractivity contribution >= 4 is 11.9 Å². The van der Waals surface area contributed by atoms with Gasteiger partial charge in [-0.25, -0.2) is 0 Å². The van der Waals surface area contributed by atoms with Gasteiger partial charge < -0.3 is 80.5 Å². The second kappa shape index (κ2) is 55.5. The van der Waals surface area contributed by atoms with E-state index in [1.807, 2.05) is 6.92 Å². The smallest absolute Gasteiger partial charge is 0.305 e. The maximum atomic E-state index is 11.4. The van der Waals surface area contributed by atoms with Gasteiger partial charge in [0.1, 0.15) is 13.2 Å². The lowest BCUT2D eigenvalue weighted by Gasteiger charge is -2.40. The molecule has 6 aliphatic heterocycles. The second-order valence-corrected chi connectivity index (χ2v) is 27.1. The summed E-state index contributed by atoms with van der Waals surface area (Å²) in [5, 5.41) is 0. The minimum atomic E-state index is -0.143. The molecule has 90 heavy (non-hydrogen) atoms. The van der Waals surface area contributed by atoms with Crippen LogP contribution in [-0.2, 0) is 90.1 Å². The Labute approximate surface area is 549 Å². The van der Waals surface area contributed by atoms with Gasteiger partial charge in [0.25, 0.3) is 0 Å². The van der Waals surface area contributed by atoms with Crippen LogP contribution in [0.5, 0.6) is 0 Å². The Balaban J connectivity index is 0.000000541. The van der Waals surface area contributed by atoms with Crippen molar-refractivity contribution in [1.82, 2.24) is 0 Å². The van der Waals surface area contributed by atoms with Gasteiger partial charge in [-0.3, -0.25) is 9.59 Å². The van der Waals surface area contributed by atoms with Crippen LogP contribution in [0.1, 0.15) is 204 Å². The van der Waals surface area contributed by atoms with Crippen molar-refractivity contribution in [2.45, 2.75) is 204 Å². The molecule has 0 aromatic heterocycles. The lowest BCUT2D eigenvalue weighted by molar-refractivity contribution is -0.170. The summed E-state index contributed by atoms with van der Waals surface area (Å²) in [7, 11) is 5.02. The van der Waals surface area contributed by atoms with Crippen molar-refractivity contribution in [3.05, 3.63) is 0 Å². The zero-order valence-electron chi connectivity index (χ0n) is 59.8. The first-order valence-corrected chi connectivity index (χ1v) is 35.3. The Morgan fingerprint density at radius 1 is 0.300 bits per heavy atom. The predicted molar refractivity (Wildman–Crippen MR) is 355 cm³/mol. The highest BCUT2D eigenvalue weighted by Gasteiger charge is 2.40. The largest absolute Gasteiger partial charge is 0.465 e. The molecule has 19 heteroatoms. The summed E-state index contributed by atoms with van der Waals surface area (Å²) in [6, 6.07) is 0. The highest BCUT2D eigenvalue weighted by molar-refractivity contribution is 5.69. The van der Waals surface area contributed by atoms with Crippen LogP contribution in [0.3, 0.4) is 0 Å². The summed E-state index contributed by atoms with van der Waals surface area (Å²) in [4.78, 5) is 22.6. The maximum Gasteiger partial charge on any atom is 0.305 e. The van der Waals surface area contributed by atoms with Gasteiger partial charge in [-0.2, -0.15) is 0 Å². The van der Waals surface area contributed by atoms with Crippen LogP contribution in [0.15, 0.2) is 0 Å². The molecule has 6 aliphatic rings. The number of rotatable bonds is 50. The molecule has 0 bridgehead atoms. The molecule has 6 rings (SSSR count). The molecule has 536 valence electrons. The third-order valence-corrected chi connectivity index (χ3v) is 17.1. The van der Waals surface area contributed by atoms with Crippen molar-refractivity contribution < 1.29 is 90.1 Å². The summed E-state index contributed by atoms with van der Waals surface area (Å²) < 4.78 is 89.2. The van der Waals surface area contributed by atoms with E-state index in [9.17, 15) is 9.59 Å². The van der Waals surface area contributed by atoms with Gasteiger partial charge in [0.15, 0.2) is 0 Å². The van der Waals surface area contributed by atoms with Gasteiger partial charge in [0.2, 0.25) is 0 Å². The van der Waals surface area contributed by atoms with E-state index in [4.69, 9.17) is 80.5 Å². The van der Waals surface area contributed by atoms with E-state index < -0.39 is 0 Å². The molecule has 0 aliphatic carbocycles. The molecule has 0 aromatic carbocycles. The molecule has 19 nitrogen and oxygen atoms in total. The van der Waals surface area contributed by atoms with E-state index in [-0.39, 0.29) is 28.2 Å². The molecule has 0 unspecified atom stereocenters. The minimum absolute atomic E-state index is 0.0455. The summed E-state index contributed by atoms with van der Waals surface area (Å²) in [6.45, 7) is 42.0. The van der Waals surface area contributed by atoms with Gasteiger partial charge >= 0.3 is 11.9 Å². The van der Waals surface area contributed by atoms with Gasteiger partial charge in [0, 0.05) is 107 Å². The lowest BCUT2D eigenvalue weighted by atomic mass is 9.84. The zero-order chi connectivity index (χ0) is 66.2. The van der Waals surface area contributed by atoms with Gasteiger partial charge in [0.05, 0.1) is 138 Å². The third-order valence-electron chi connectivity index (χ3n) is 17.1. The first-order chi connectivity index (χ1) is 43.6. The standard InChI is InChI=1S/C15H30O2.C13H24O3.C12H24O3.C11H22O3.C10H20O4.C10H18O4/c1-3-5-6-7-8-9-10-11-16-12-15(4-2)13-17-14-15;1-3-5-6-7-8-12(14)16-11-13(4-2)9-15-10-13;1-3-13-7-5-4-6-8-14-9-12(2)10-15-11-12;1-3-11(9-14-10-11)8-13-7-5-4-6-12-2;1-10(8-14-9-10)7-13-6-5-12-4-3-11-2;1-10(6-13-7-10)8-14-9(11)4-3-5-12-2/h3-14H2,1-2H3;3-11H2,1-2H3;3-11H2,1-2H3;3-10H2,1-2H3;3-9H2,1-2H3;3-8H2,1-2H3. The summed E-state index contributed by atoms with van der Waals surface area (Å²) in [5.41, 5.74) is 1.41. The minimum Gasteiger partial charge on any atom is -0.465 e. The molecule has 6 saturated heterocycles. The maximum absolute atomic E-state index is 11.4. The van der Waals surface area contributed by atoms with E-state index in [1.165, 1.54) is 70.6 Å². The summed E-state index contributed by atoms with van der Waals surface area (Å²) >= 11 is 0. The number of hydrogen-bond donors (Lipinski definition) is 0. The number of ether oxygens (including phenoxy) is 17. The van der Waals surface area contributed by atoms with E-state index in [2.05, 4.69) is 55.4 Å². The molecule has 0 radical (unpaired) electrons. The Bertz CT molecular complexity index is 1600. The van der Waals surface area contributed by atoms with Crippen molar-refractivity contribution in [3.8, 4) is 0 Å². The Hall–Kier alpha value is -1.66. The van der Waals surface area contributed by atoms with E-state index in [0.717, 1.165) is 190 Å². The SMILES string of the molecule is CCC1(COCCCCOC)COC1.CCCCCCC(=O)OCC1(CC)COC1.CCCCCCCCCOCC1(CC)COC1.CCOCCCCCOCC1(C)COC1.COCCCC(=O)OCC1(C)COC1.COCCOCCOCC1(C)COC1. The van der Waals surface area contributed by atoms with Crippen LogP contribution < -0.4 is 0 Å². The molecule has 0 atom stereocenters. The molecule has 0 saturated carbocycles. The lowest BCUT2D eigenvalue weighted by Crippen LogP contribution is -2.46. The molecular weight excluding hydrogens is 1160 g/mol. The zero-order valence-corrected chi connectivity index (χ0v) is 59.8. The highest BCUT2D eigenvalue weighted by atomic mass is 16.6. The first kappa shape index (κ1) is 86.4. The van der Waals surface area contributed by atoms with Crippen LogP contribution in [-0.4, -0.2) is 225 Å². The number of hydrogen-bond acceptors (Lipinski definition) is 19.